The van der Waals surface area contributed by atoms with Crippen molar-refractivity contribution in [2.45, 2.75) is 5.41 Å². The number of hydrogen-bond acceptors (Lipinski definition) is 4. The molecule has 0 saturated heterocycles. The van der Waals surface area contributed by atoms with Gasteiger partial charge in [-0.25, -0.2) is 0 Å². The Hall–Kier alpha value is -17.2. The second-order valence-electron chi connectivity index (χ2n) is 34.3. The van der Waals surface area contributed by atoms with Gasteiger partial charge in [-0.3, -0.25) is 0 Å². The standard InChI is InChI=1S/C51H30O.C44H26O2.C32H20O/c1-2-16-31(17-3-1)46-34-20-4-6-22-36(34)47(37-23-7-5-21-35(37)46)40-30-44-49(50-48(40)39-25-11-15-29-45(39)52-50)38-24-10-14-28-43(38)51(44)41-26-12-8-18-32(41)33-19-9-13-27-42(33)51;1-2-12-27(13-3-1)41-31-15-4-6-17-33(31)42(34-18-7-5-16-32(34)41)36-24-23-29(44-43(36)35-19-9-11-21-39(35)46-44)28-22-25-40-37(26-28)30-14-8-10-20-38(30)45-40;1-2-11-21(12-3-1)30-22-13-4-6-15-24(22)31(25-16-7-5-14-23(25)30)27-18-10-20-29-32(27)26-17-8-9-19-28(26)33-29/h1-30H;1-26H;1-20H/i1D,2D,3D,16D,17D;;. The minimum atomic E-state index is -0.611. The average Bonchev–Trinajstić information content (AvgIpc) is 1.49. The molecule has 608 valence electrons. The Morgan fingerprint density at radius 1 is 0.160 bits per heavy atom. The smallest absolute Gasteiger partial charge is 0.144 e. The molecule has 0 radical (unpaired) electrons. The summed E-state index contributed by atoms with van der Waals surface area (Å²) in [5, 5.41) is 22.3. The van der Waals surface area contributed by atoms with Gasteiger partial charge >= 0.3 is 0 Å². The normalized spacial score (nSPS) is 13.0. The van der Waals surface area contributed by atoms with Crippen LogP contribution in [-0.4, -0.2) is 0 Å². The van der Waals surface area contributed by atoms with Gasteiger partial charge in [0.15, 0.2) is 0 Å². The van der Waals surface area contributed by atoms with Crippen molar-refractivity contribution in [1.29, 1.82) is 0 Å². The summed E-state index contributed by atoms with van der Waals surface area (Å²) in [6, 6.07) is 151. The average molecular weight is 1670 g/mol. The van der Waals surface area contributed by atoms with Gasteiger partial charge in [0.2, 0.25) is 0 Å². The van der Waals surface area contributed by atoms with E-state index in [9.17, 15) is 0 Å². The zero-order valence-corrected chi connectivity index (χ0v) is 70.6. The molecule has 0 N–H and O–H groups in total. The third kappa shape index (κ3) is 11.1. The summed E-state index contributed by atoms with van der Waals surface area (Å²) in [7, 11) is 0. The van der Waals surface area contributed by atoms with Gasteiger partial charge in [0.1, 0.15) is 44.7 Å². The first-order chi connectivity index (χ1) is 67.1. The summed E-state index contributed by atoms with van der Waals surface area (Å²) in [4.78, 5) is 0. The molecular weight excluding hydrogens is 1590 g/mol. The molecule has 0 atom stereocenters. The summed E-state index contributed by atoms with van der Waals surface area (Å²) in [6.07, 6.45) is 0. The summed E-state index contributed by atoms with van der Waals surface area (Å²) < 4.78 is 70.0. The second kappa shape index (κ2) is 29.5. The molecule has 0 bridgehead atoms. The zero-order chi connectivity index (χ0) is 90.3. The Morgan fingerprint density at radius 2 is 0.481 bits per heavy atom. The second-order valence-corrected chi connectivity index (χ2v) is 34.3. The number of rotatable bonds is 7. The van der Waals surface area contributed by atoms with Crippen LogP contribution in [0.1, 0.15) is 29.1 Å². The molecule has 27 aromatic rings. The molecule has 4 aromatic heterocycles. The minimum absolute atomic E-state index is 0.196. The van der Waals surface area contributed by atoms with E-state index in [-0.39, 0.29) is 29.7 Å². The fourth-order valence-electron chi connectivity index (χ4n) is 22.5. The monoisotopic (exact) mass is 1670 g/mol. The van der Waals surface area contributed by atoms with E-state index in [4.69, 9.17) is 24.5 Å². The molecule has 0 saturated carbocycles. The van der Waals surface area contributed by atoms with E-state index in [1.807, 2.05) is 78.9 Å². The van der Waals surface area contributed by atoms with Gasteiger partial charge in [-0.05, 0) is 231 Å². The molecule has 29 rings (SSSR count). The summed E-state index contributed by atoms with van der Waals surface area (Å²) in [6.45, 7) is 0. The van der Waals surface area contributed by atoms with Crippen LogP contribution in [0.4, 0.5) is 0 Å². The Labute approximate surface area is 760 Å². The van der Waals surface area contributed by atoms with E-state index in [0.717, 1.165) is 143 Å². The summed E-state index contributed by atoms with van der Waals surface area (Å²) >= 11 is 0. The van der Waals surface area contributed by atoms with Gasteiger partial charge in [-0.15, -0.1) is 0 Å². The van der Waals surface area contributed by atoms with Gasteiger partial charge in [-0.1, -0.05) is 406 Å². The number of benzene rings is 23. The molecule has 4 heteroatoms. The van der Waals surface area contributed by atoms with Crippen molar-refractivity contribution in [3.8, 4) is 100 Å². The molecule has 2 aliphatic rings. The topological polar surface area (TPSA) is 52.6 Å². The van der Waals surface area contributed by atoms with Gasteiger partial charge in [0.05, 0.1) is 12.3 Å². The SMILES string of the molecule is [2H]c1c([2H])c([2H])c(-c2c3ccccc3c(-c3cc4c(c5oc6ccccc6c35)-c3ccccc3C43c4ccccc4-c4ccccc43)c3ccccc23)c([2H])c1[2H].c1ccc(-c2c3ccccc3c(-c3ccc(-c4ccc5oc6ccccc6c5c4)c4oc5ccccc5c34)c3ccccc23)cc1.c1ccc(-c2c3ccccc3c(-c3cccc4oc5ccccc5c34)c3ccccc23)cc1. The first-order valence-corrected chi connectivity index (χ1v) is 44.7. The van der Waals surface area contributed by atoms with Crippen LogP contribution in [0.2, 0.25) is 0 Å². The van der Waals surface area contributed by atoms with Crippen LogP contribution >= 0.6 is 0 Å². The van der Waals surface area contributed by atoms with E-state index in [1.54, 1.807) is 0 Å². The Bertz CT molecular complexity index is 9530. The molecule has 0 fully saturated rings. The van der Waals surface area contributed by atoms with Gasteiger partial charge in [0.25, 0.3) is 0 Å². The molecule has 2 aliphatic carbocycles. The Balaban J connectivity index is 0.000000107. The lowest BCUT2D eigenvalue weighted by Crippen LogP contribution is -2.25. The lowest BCUT2D eigenvalue weighted by Gasteiger charge is -2.31. The fraction of sp³-hybridized carbons (Fsp3) is 0.00787. The first kappa shape index (κ1) is 69.1. The van der Waals surface area contributed by atoms with Gasteiger partial charge in [0, 0.05) is 54.2 Å². The van der Waals surface area contributed by atoms with Crippen molar-refractivity contribution in [3.05, 3.63) is 483 Å². The van der Waals surface area contributed by atoms with Crippen LogP contribution in [0, 0.1) is 0 Å². The number of fused-ring (bicyclic) bond motifs is 29. The van der Waals surface area contributed by atoms with Crippen LogP contribution in [0.25, 0.3) is 253 Å². The Morgan fingerprint density at radius 3 is 0.969 bits per heavy atom. The predicted molar refractivity (Wildman–Crippen MR) is 548 cm³/mol. The number of hydrogen-bond donors (Lipinski definition) is 0. The number of furan rings is 4. The first-order valence-electron chi connectivity index (χ1n) is 47.2. The van der Waals surface area contributed by atoms with Crippen molar-refractivity contribution in [2.24, 2.45) is 0 Å². The molecule has 0 aliphatic heterocycles. The van der Waals surface area contributed by atoms with Crippen molar-refractivity contribution >= 4 is 152 Å². The van der Waals surface area contributed by atoms with Crippen molar-refractivity contribution in [3.63, 3.8) is 0 Å². The molecule has 0 unspecified atom stereocenters. The summed E-state index contributed by atoms with van der Waals surface area (Å²) in [5.41, 5.74) is 30.9. The van der Waals surface area contributed by atoms with Gasteiger partial charge < -0.3 is 17.7 Å². The van der Waals surface area contributed by atoms with Crippen molar-refractivity contribution in [2.75, 3.05) is 0 Å². The van der Waals surface area contributed by atoms with Crippen LogP contribution in [0.15, 0.2) is 479 Å². The third-order valence-electron chi connectivity index (χ3n) is 27.7. The highest BCUT2D eigenvalue weighted by molar-refractivity contribution is 6.31. The van der Waals surface area contributed by atoms with E-state index < -0.39 is 11.5 Å². The molecule has 23 aromatic carbocycles. The maximum Gasteiger partial charge on any atom is 0.144 e. The highest BCUT2D eigenvalue weighted by Crippen LogP contribution is 2.66. The zero-order valence-electron chi connectivity index (χ0n) is 75.6. The highest BCUT2D eigenvalue weighted by Gasteiger charge is 2.53. The van der Waals surface area contributed by atoms with Crippen molar-refractivity contribution < 1.29 is 24.5 Å². The molecule has 1 spiro atoms. The van der Waals surface area contributed by atoms with Crippen molar-refractivity contribution in [1.82, 2.24) is 0 Å². The molecule has 131 heavy (non-hydrogen) atoms. The third-order valence-corrected chi connectivity index (χ3v) is 27.7. The fourth-order valence-corrected chi connectivity index (χ4v) is 22.5. The largest absolute Gasteiger partial charge is 0.456 e. The van der Waals surface area contributed by atoms with Crippen LogP contribution < -0.4 is 0 Å². The minimum Gasteiger partial charge on any atom is -0.456 e. The lowest BCUT2D eigenvalue weighted by atomic mass is 9.70. The molecular formula is C127H76O4. The lowest BCUT2D eigenvalue weighted by molar-refractivity contribution is 0.668. The van der Waals surface area contributed by atoms with Crippen LogP contribution in [0.3, 0.4) is 0 Å². The van der Waals surface area contributed by atoms with Crippen LogP contribution in [-0.2, 0) is 5.41 Å². The van der Waals surface area contributed by atoms with Gasteiger partial charge in [-0.2, -0.15) is 0 Å². The maximum absolute atomic E-state index is 9.09. The van der Waals surface area contributed by atoms with E-state index in [0.29, 0.717) is 5.56 Å². The maximum atomic E-state index is 9.09. The Kier molecular flexibility index (Phi) is 15.5. The quantitative estimate of drug-likeness (QED) is 0.149. The molecule has 0 amide bonds. The van der Waals surface area contributed by atoms with E-state index >= 15 is 0 Å². The summed E-state index contributed by atoms with van der Waals surface area (Å²) in [5.74, 6) is 0. The molecule has 4 heterocycles. The predicted octanol–water partition coefficient (Wildman–Crippen LogP) is 35.6. The van der Waals surface area contributed by atoms with Crippen LogP contribution in [0.5, 0.6) is 0 Å². The van der Waals surface area contributed by atoms with E-state index in [2.05, 4.69) is 352 Å². The highest BCUT2D eigenvalue weighted by atomic mass is 16.3. The number of para-hydroxylation sites is 4. The molecule has 4 nitrogen and oxygen atoms in total. The van der Waals surface area contributed by atoms with E-state index in [1.165, 1.54) is 121 Å².